The maximum atomic E-state index is 10.1. The van der Waals surface area contributed by atoms with Gasteiger partial charge in [0, 0.05) is 0 Å². The Bertz CT molecular complexity index is 164. The second kappa shape index (κ2) is 3.19. The Morgan fingerprint density at radius 3 is 0.643 bits per heavy atom. The van der Waals surface area contributed by atoms with Crippen LogP contribution in [0.25, 0.3) is 0 Å². The zero-order valence-corrected chi connectivity index (χ0v) is 10.3. The summed E-state index contributed by atoms with van der Waals surface area (Å²) in [7, 11) is 0. The maximum absolute atomic E-state index is 10.1. The predicted octanol–water partition coefficient (Wildman–Crippen LogP) is 1.31. The lowest BCUT2D eigenvalue weighted by Crippen LogP contribution is -2.65. The summed E-state index contributed by atoms with van der Waals surface area (Å²) in [6, 6.07) is 0. The largest absolute Gasteiger partial charge is 0.390 e. The lowest BCUT2D eigenvalue weighted by Gasteiger charge is -2.55. The summed E-state index contributed by atoms with van der Waals surface area (Å²) in [5, 5.41) is 30.3. The van der Waals surface area contributed by atoms with Crippen LogP contribution in [0.5, 0.6) is 0 Å². The highest BCUT2D eigenvalue weighted by atomic mass is 16.3. The highest BCUT2D eigenvalue weighted by Crippen LogP contribution is 2.48. The van der Waals surface area contributed by atoms with Crippen LogP contribution in [-0.4, -0.2) is 32.1 Å². The fourth-order valence-electron chi connectivity index (χ4n) is 2.25. The molecule has 3 N–H and O–H groups in total. The van der Waals surface area contributed by atoms with Crippen LogP contribution in [0.2, 0.25) is 0 Å². The highest BCUT2D eigenvalue weighted by molar-refractivity contribution is 5.08. The van der Waals surface area contributed by atoms with Gasteiger partial charge in [0.2, 0.25) is 0 Å². The van der Waals surface area contributed by atoms with Gasteiger partial charge in [-0.25, -0.2) is 0 Å². The maximum Gasteiger partial charge on any atom is 0.0699 e. The van der Waals surface area contributed by atoms with E-state index in [9.17, 15) is 15.3 Å². The smallest absolute Gasteiger partial charge is 0.0699 e. The van der Waals surface area contributed by atoms with E-state index < -0.39 is 22.2 Å². The minimum Gasteiger partial charge on any atom is -0.390 e. The molecule has 0 radical (unpaired) electrons. The topological polar surface area (TPSA) is 60.7 Å². The van der Waals surface area contributed by atoms with Gasteiger partial charge in [-0.3, -0.25) is 0 Å². The van der Waals surface area contributed by atoms with E-state index in [1.807, 2.05) is 0 Å². The standard InChI is InChI=1S/C11H24O3/c1-8(2,12)11(7,9(3,4)13)10(5,6)14/h12-14H,1-7H3. The summed E-state index contributed by atoms with van der Waals surface area (Å²) in [5.74, 6) is 0. The number of rotatable bonds is 3. The Hall–Kier alpha value is -0.120. The summed E-state index contributed by atoms with van der Waals surface area (Å²) in [6.45, 7) is 11.3. The average molecular weight is 204 g/mol. The van der Waals surface area contributed by atoms with Crippen LogP contribution < -0.4 is 0 Å². The lowest BCUT2D eigenvalue weighted by molar-refractivity contribution is -0.237. The molecule has 0 aliphatic rings. The summed E-state index contributed by atoms with van der Waals surface area (Å²) < 4.78 is 0. The first-order valence-electron chi connectivity index (χ1n) is 4.92. The molecule has 3 nitrogen and oxygen atoms in total. The Morgan fingerprint density at radius 1 is 0.500 bits per heavy atom. The van der Waals surface area contributed by atoms with Gasteiger partial charge in [0.05, 0.1) is 22.2 Å². The first kappa shape index (κ1) is 13.9. The van der Waals surface area contributed by atoms with E-state index >= 15 is 0 Å². The summed E-state index contributed by atoms with van der Waals surface area (Å²) in [4.78, 5) is 0. The van der Waals surface area contributed by atoms with Gasteiger partial charge in [-0.2, -0.15) is 0 Å². The van der Waals surface area contributed by atoms with E-state index in [-0.39, 0.29) is 0 Å². The van der Waals surface area contributed by atoms with Crippen molar-refractivity contribution in [1.29, 1.82) is 0 Å². The van der Waals surface area contributed by atoms with Gasteiger partial charge in [0.1, 0.15) is 0 Å². The van der Waals surface area contributed by atoms with Gasteiger partial charge in [-0.05, 0) is 41.5 Å². The monoisotopic (exact) mass is 204 g/mol. The predicted molar refractivity (Wildman–Crippen MR) is 57.0 cm³/mol. The third-order valence-corrected chi connectivity index (χ3v) is 3.67. The molecular weight excluding hydrogens is 180 g/mol. The SMILES string of the molecule is CC(C)(O)C(C)(C(C)(C)O)C(C)(C)O. The summed E-state index contributed by atoms with van der Waals surface area (Å²) in [6.07, 6.45) is 0. The van der Waals surface area contributed by atoms with Crippen LogP contribution in [-0.2, 0) is 0 Å². The molecule has 0 aromatic carbocycles. The van der Waals surface area contributed by atoms with Gasteiger partial charge in [-0.1, -0.05) is 6.92 Å². The molecule has 0 aliphatic carbocycles. The van der Waals surface area contributed by atoms with E-state index in [1.165, 1.54) is 0 Å². The van der Waals surface area contributed by atoms with Crippen molar-refractivity contribution in [3.63, 3.8) is 0 Å². The Balaban J connectivity index is 5.54. The van der Waals surface area contributed by atoms with Gasteiger partial charge < -0.3 is 15.3 Å². The first-order chi connectivity index (χ1) is 5.75. The van der Waals surface area contributed by atoms with Crippen molar-refractivity contribution in [2.45, 2.75) is 65.3 Å². The molecule has 0 rings (SSSR count). The van der Waals surface area contributed by atoms with Gasteiger partial charge in [0.25, 0.3) is 0 Å². The van der Waals surface area contributed by atoms with E-state index in [4.69, 9.17) is 0 Å². The molecule has 0 saturated heterocycles. The molecular formula is C11H24O3. The fraction of sp³-hybridized carbons (Fsp3) is 1.00. The first-order valence-corrected chi connectivity index (χ1v) is 4.92. The molecule has 0 heterocycles. The van der Waals surface area contributed by atoms with E-state index in [0.29, 0.717) is 0 Å². The number of aliphatic hydroxyl groups is 3. The minimum absolute atomic E-state index is 1.02. The highest BCUT2D eigenvalue weighted by Gasteiger charge is 2.58. The lowest BCUT2D eigenvalue weighted by atomic mass is 9.57. The molecule has 0 fully saturated rings. The van der Waals surface area contributed by atoms with Crippen molar-refractivity contribution >= 4 is 0 Å². The normalized spacial score (nSPS) is 15.9. The quantitative estimate of drug-likeness (QED) is 0.649. The van der Waals surface area contributed by atoms with Gasteiger partial charge >= 0.3 is 0 Å². The van der Waals surface area contributed by atoms with Crippen LogP contribution in [0.4, 0.5) is 0 Å². The van der Waals surface area contributed by atoms with Crippen LogP contribution in [0.15, 0.2) is 0 Å². The molecule has 0 spiro atoms. The van der Waals surface area contributed by atoms with Crippen LogP contribution >= 0.6 is 0 Å². The van der Waals surface area contributed by atoms with E-state index in [0.717, 1.165) is 0 Å². The molecule has 0 aliphatic heterocycles. The van der Waals surface area contributed by atoms with Crippen molar-refractivity contribution in [2.24, 2.45) is 5.41 Å². The Labute approximate surface area is 86.8 Å². The fourth-order valence-corrected chi connectivity index (χ4v) is 2.25. The molecule has 0 unspecified atom stereocenters. The molecule has 3 heteroatoms. The molecule has 14 heavy (non-hydrogen) atoms. The Morgan fingerprint density at radius 2 is 0.643 bits per heavy atom. The van der Waals surface area contributed by atoms with E-state index in [1.54, 1.807) is 48.5 Å². The zero-order chi connectivity index (χ0) is 12.0. The second-order valence-corrected chi connectivity index (χ2v) is 5.80. The summed E-state index contributed by atoms with van der Waals surface area (Å²) in [5.41, 5.74) is -4.55. The van der Waals surface area contributed by atoms with E-state index in [2.05, 4.69) is 0 Å². The van der Waals surface area contributed by atoms with Gasteiger partial charge in [-0.15, -0.1) is 0 Å². The Kier molecular flexibility index (Phi) is 3.16. The second-order valence-electron chi connectivity index (χ2n) is 5.80. The van der Waals surface area contributed by atoms with Crippen LogP contribution in [0.3, 0.4) is 0 Å². The van der Waals surface area contributed by atoms with Crippen LogP contribution in [0.1, 0.15) is 48.5 Å². The van der Waals surface area contributed by atoms with Crippen molar-refractivity contribution in [3.05, 3.63) is 0 Å². The molecule has 0 aromatic heterocycles. The number of hydrogen-bond donors (Lipinski definition) is 3. The zero-order valence-electron chi connectivity index (χ0n) is 10.3. The third kappa shape index (κ3) is 1.95. The summed E-state index contributed by atoms with van der Waals surface area (Å²) >= 11 is 0. The molecule has 0 atom stereocenters. The third-order valence-electron chi connectivity index (χ3n) is 3.67. The molecule has 0 aromatic rings. The van der Waals surface area contributed by atoms with Crippen molar-refractivity contribution in [2.75, 3.05) is 0 Å². The molecule has 0 amide bonds. The van der Waals surface area contributed by atoms with Crippen molar-refractivity contribution in [3.8, 4) is 0 Å². The molecule has 0 bridgehead atoms. The average Bonchev–Trinajstić information content (AvgIpc) is 1.77. The van der Waals surface area contributed by atoms with Crippen LogP contribution in [0, 0.1) is 5.41 Å². The minimum atomic E-state index is -1.18. The van der Waals surface area contributed by atoms with Gasteiger partial charge in [0.15, 0.2) is 0 Å². The molecule has 86 valence electrons. The van der Waals surface area contributed by atoms with Crippen molar-refractivity contribution < 1.29 is 15.3 Å². The van der Waals surface area contributed by atoms with Crippen molar-refractivity contribution in [1.82, 2.24) is 0 Å². The number of hydrogen-bond acceptors (Lipinski definition) is 3. The molecule has 0 saturated carbocycles.